The predicted octanol–water partition coefficient (Wildman–Crippen LogP) is 14.1. The molecule has 0 amide bonds. The van der Waals surface area contributed by atoms with Gasteiger partial charge in [-0.3, -0.25) is 0 Å². The lowest BCUT2D eigenvalue weighted by Crippen LogP contribution is -2.15. The number of rotatable bonds is 4. The van der Waals surface area contributed by atoms with E-state index in [-0.39, 0.29) is 5.41 Å². The van der Waals surface area contributed by atoms with Gasteiger partial charge in [-0.05, 0) is 85.3 Å². The Morgan fingerprint density at radius 3 is 1.87 bits per heavy atom. The molecule has 11 rings (SSSR count). The smallest absolute Gasteiger partial charge is 0.161 e. The summed E-state index contributed by atoms with van der Waals surface area (Å²) in [7, 11) is 0. The molecule has 0 radical (unpaired) electrons. The van der Waals surface area contributed by atoms with Crippen molar-refractivity contribution in [3.8, 4) is 56.2 Å². The van der Waals surface area contributed by atoms with Crippen LogP contribution in [-0.2, 0) is 5.41 Å². The number of hydrogen-bond donors (Lipinski definition) is 0. The maximum absolute atomic E-state index is 5.32. The maximum atomic E-state index is 5.32. The van der Waals surface area contributed by atoms with Crippen molar-refractivity contribution in [1.82, 2.24) is 9.97 Å². The highest BCUT2D eigenvalue weighted by Gasteiger charge is 2.36. The number of benzene rings is 8. The van der Waals surface area contributed by atoms with Crippen LogP contribution in [0.5, 0.6) is 0 Å². The molecule has 1 aliphatic carbocycles. The highest BCUT2D eigenvalue weighted by atomic mass is 32.1. The molecule has 0 atom stereocenters. The van der Waals surface area contributed by atoms with Gasteiger partial charge in [0.25, 0.3) is 0 Å². The Labute approximate surface area is 318 Å². The molecule has 0 saturated heterocycles. The van der Waals surface area contributed by atoms with Crippen LogP contribution in [0, 0.1) is 0 Å². The van der Waals surface area contributed by atoms with Crippen LogP contribution in [0.25, 0.3) is 97.9 Å². The molecule has 3 heteroatoms. The van der Waals surface area contributed by atoms with E-state index in [0.717, 1.165) is 39.3 Å². The first-order chi connectivity index (χ1) is 26.5. The van der Waals surface area contributed by atoms with E-state index in [9.17, 15) is 0 Å². The molecule has 0 spiro atoms. The van der Waals surface area contributed by atoms with Crippen molar-refractivity contribution in [3.63, 3.8) is 0 Å². The highest BCUT2D eigenvalue weighted by molar-refractivity contribution is 7.25. The van der Waals surface area contributed by atoms with Gasteiger partial charge in [0.05, 0.1) is 11.4 Å². The Bertz CT molecular complexity index is 3130. The van der Waals surface area contributed by atoms with Crippen LogP contribution in [0.4, 0.5) is 0 Å². The lowest BCUT2D eigenvalue weighted by atomic mass is 9.81. The molecule has 254 valence electrons. The Morgan fingerprint density at radius 1 is 0.407 bits per heavy atom. The average molecular weight is 707 g/mol. The van der Waals surface area contributed by atoms with E-state index in [0.29, 0.717) is 0 Å². The number of thiophene rings is 1. The fraction of sp³-hybridized carbons (Fsp3) is 0.0588. The lowest BCUT2D eigenvalue weighted by Gasteiger charge is -2.22. The van der Waals surface area contributed by atoms with Crippen molar-refractivity contribution in [2.45, 2.75) is 19.3 Å². The van der Waals surface area contributed by atoms with E-state index in [1.54, 1.807) is 0 Å². The second kappa shape index (κ2) is 11.8. The summed E-state index contributed by atoms with van der Waals surface area (Å²) in [5.74, 6) is 0.725. The number of fused-ring (bicyclic) bond motifs is 9. The third-order valence-corrected chi connectivity index (χ3v) is 12.6. The van der Waals surface area contributed by atoms with Crippen LogP contribution >= 0.6 is 11.3 Å². The van der Waals surface area contributed by atoms with E-state index in [4.69, 9.17) is 9.97 Å². The Balaban J connectivity index is 1.07. The summed E-state index contributed by atoms with van der Waals surface area (Å²) in [6.07, 6.45) is 0. The first-order valence-electron chi connectivity index (χ1n) is 18.6. The maximum Gasteiger partial charge on any atom is 0.161 e. The molecule has 10 aromatic rings. The van der Waals surface area contributed by atoms with Crippen molar-refractivity contribution in [2.75, 3.05) is 0 Å². The summed E-state index contributed by atoms with van der Waals surface area (Å²) in [6, 6.07) is 61.7. The minimum atomic E-state index is -0.110. The SMILES string of the molecule is CC1(C)c2cc(-c3ccc(-c4nc(-c5ccccc5)cc(-c5ccc6c(c5)sc5ccccc56)n4)c4ccccc34)ccc2-c2c1ccc1ccccc21. The summed E-state index contributed by atoms with van der Waals surface area (Å²) >= 11 is 1.83. The molecule has 54 heavy (non-hydrogen) atoms. The van der Waals surface area contributed by atoms with Gasteiger partial charge < -0.3 is 0 Å². The summed E-state index contributed by atoms with van der Waals surface area (Å²) in [4.78, 5) is 10.6. The molecule has 0 aliphatic heterocycles. The second-order valence-corrected chi connectivity index (χ2v) is 16.0. The van der Waals surface area contributed by atoms with Crippen molar-refractivity contribution in [2.24, 2.45) is 0 Å². The van der Waals surface area contributed by atoms with Gasteiger partial charge >= 0.3 is 0 Å². The monoisotopic (exact) mass is 706 g/mol. The van der Waals surface area contributed by atoms with Crippen LogP contribution in [0.2, 0.25) is 0 Å². The van der Waals surface area contributed by atoms with Gasteiger partial charge in [-0.25, -0.2) is 9.97 Å². The lowest BCUT2D eigenvalue weighted by molar-refractivity contribution is 0.661. The number of hydrogen-bond acceptors (Lipinski definition) is 3. The molecular formula is C51H34N2S. The van der Waals surface area contributed by atoms with Crippen molar-refractivity contribution >= 4 is 53.1 Å². The van der Waals surface area contributed by atoms with Crippen molar-refractivity contribution < 1.29 is 0 Å². The largest absolute Gasteiger partial charge is 0.228 e. The summed E-state index contributed by atoms with van der Waals surface area (Å²) in [6.45, 7) is 4.73. The predicted molar refractivity (Wildman–Crippen MR) is 229 cm³/mol. The summed E-state index contributed by atoms with van der Waals surface area (Å²) in [5.41, 5.74) is 12.8. The van der Waals surface area contributed by atoms with Crippen LogP contribution in [0.1, 0.15) is 25.0 Å². The molecule has 0 saturated carbocycles. The van der Waals surface area contributed by atoms with E-state index in [1.807, 2.05) is 11.3 Å². The van der Waals surface area contributed by atoms with E-state index in [1.165, 1.54) is 69.7 Å². The number of nitrogens with zero attached hydrogens (tertiary/aromatic N) is 2. The number of aromatic nitrogens is 2. The van der Waals surface area contributed by atoms with Gasteiger partial charge in [-0.2, -0.15) is 0 Å². The Morgan fingerprint density at radius 2 is 1.04 bits per heavy atom. The minimum absolute atomic E-state index is 0.110. The van der Waals surface area contributed by atoms with Gasteiger partial charge in [-0.15, -0.1) is 11.3 Å². The van der Waals surface area contributed by atoms with Gasteiger partial charge in [0.15, 0.2) is 5.82 Å². The molecule has 0 fully saturated rings. The summed E-state index contributed by atoms with van der Waals surface area (Å²) in [5, 5.41) is 7.52. The second-order valence-electron chi connectivity index (χ2n) is 14.9. The highest BCUT2D eigenvalue weighted by Crippen LogP contribution is 2.52. The molecule has 2 aromatic heterocycles. The van der Waals surface area contributed by atoms with Crippen LogP contribution in [-0.4, -0.2) is 9.97 Å². The first-order valence-corrected chi connectivity index (χ1v) is 19.4. The molecule has 0 bridgehead atoms. The van der Waals surface area contributed by atoms with Gasteiger partial charge in [0.2, 0.25) is 0 Å². The van der Waals surface area contributed by atoms with Crippen LogP contribution < -0.4 is 0 Å². The topological polar surface area (TPSA) is 25.8 Å². The third-order valence-electron chi connectivity index (χ3n) is 11.5. The van der Waals surface area contributed by atoms with Gasteiger partial charge in [0, 0.05) is 42.3 Å². The summed E-state index contributed by atoms with van der Waals surface area (Å²) < 4.78 is 2.56. The zero-order valence-corrected chi connectivity index (χ0v) is 30.8. The standard InChI is InChI=1S/C51H34N2S/c1-51(2)43-27-22-31-12-6-7-15-36(31)49(43)42-24-20-33(28-44(42)51)35-25-26-41(38-17-9-8-16-37(35)38)50-52-45(32-13-4-3-5-14-32)30-46(53-50)34-21-23-40-39-18-10-11-19-47(39)54-48(40)29-34/h3-30H,1-2H3. The molecule has 8 aromatic carbocycles. The zero-order valence-electron chi connectivity index (χ0n) is 30.0. The van der Waals surface area contributed by atoms with Gasteiger partial charge in [0.1, 0.15) is 0 Å². The van der Waals surface area contributed by atoms with Crippen molar-refractivity contribution in [1.29, 1.82) is 0 Å². The molecule has 2 nitrogen and oxygen atoms in total. The quantitative estimate of drug-likeness (QED) is 0.182. The molecule has 0 unspecified atom stereocenters. The fourth-order valence-electron chi connectivity index (χ4n) is 8.78. The molecular weight excluding hydrogens is 673 g/mol. The molecule has 0 N–H and O–H groups in total. The van der Waals surface area contributed by atoms with E-state index >= 15 is 0 Å². The normalized spacial score (nSPS) is 13.1. The fourth-order valence-corrected chi connectivity index (χ4v) is 9.92. The zero-order chi connectivity index (χ0) is 36.0. The van der Waals surface area contributed by atoms with Crippen LogP contribution in [0.3, 0.4) is 0 Å². The van der Waals surface area contributed by atoms with Crippen molar-refractivity contribution in [3.05, 3.63) is 181 Å². The Kier molecular flexibility index (Phi) is 6.80. The van der Waals surface area contributed by atoms with Gasteiger partial charge in [-0.1, -0.05) is 153 Å². The van der Waals surface area contributed by atoms with E-state index in [2.05, 4.69) is 184 Å². The third kappa shape index (κ3) is 4.72. The molecule has 1 aliphatic rings. The van der Waals surface area contributed by atoms with E-state index < -0.39 is 0 Å². The molecule has 2 heterocycles. The average Bonchev–Trinajstić information content (AvgIpc) is 3.71. The minimum Gasteiger partial charge on any atom is -0.228 e. The first kappa shape index (κ1) is 31.1. The Hall–Kier alpha value is -6.42. The van der Waals surface area contributed by atoms with Crippen LogP contribution in [0.15, 0.2) is 170 Å².